The van der Waals surface area contributed by atoms with Crippen LogP contribution in [-0.4, -0.2) is 38.1 Å². The van der Waals surface area contributed by atoms with Crippen molar-refractivity contribution in [2.45, 2.75) is 12.0 Å². The molecule has 2 heterocycles. The molecule has 2 atom stereocenters. The molecular weight excluding hydrogens is 270 g/mol. The fraction of sp³-hybridized carbons (Fsp3) is 0.368. The second kappa shape index (κ2) is 5.75. The topological polar surface area (TPSA) is 27.3 Å². The van der Waals surface area contributed by atoms with Crippen molar-refractivity contribution < 1.29 is 0 Å². The Morgan fingerprint density at radius 2 is 1.95 bits per heavy atom. The maximum atomic E-state index is 3.56. The predicted octanol–water partition coefficient (Wildman–Crippen LogP) is 2.82. The fourth-order valence-corrected chi connectivity index (χ4v) is 4.03. The monoisotopic (exact) mass is 293 g/mol. The van der Waals surface area contributed by atoms with Crippen molar-refractivity contribution in [3.63, 3.8) is 0 Å². The zero-order valence-corrected chi connectivity index (χ0v) is 13.0. The Labute approximate surface area is 132 Å². The lowest BCUT2D eigenvalue weighted by Gasteiger charge is -2.45. The normalized spacial score (nSPS) is 24.4. The number of nitrogens with one attached hydrogen (secondary N) is 2. The highest BCUT2D eigenvalue weighted by molar-refractivity contribution is 5.59. The highest BCUT2D eigenvalue weighted by atomic mass is 15.2. The van der Waals surface area contributed by atoms with E-state index in [-0.39, 0.29) is 0 Å². The highest BCUT2D eigenvalue weighted by Gasteiger charge is 2.36. The van der Waals surface area contributed by atoms with Gasteiger partial charge in [-0.05, 0) is 22.8 Å². The maximum absolute atomic E-state index is 3.56. The van der Waals surface area contributed by atoms with E-state index in [0.29, 0.717) is 12.0 Å². The van der Waals surface area contributed by atoms with Crippen LogP contribution in [0.4, 0.5) is 5.69 Å². The molecule has 2 N–H and O–H groups in total. The van der Waals surface area contributed by atoms with Crippen LogP contribution in [0.25, 0.3) is 0 Å². The Morgan fingerprint density at radius 3 is 2.77 bits per heavy atom. The number of rotatable bonds is 2. The Bertz CT molecular complexity index is 653. The minimum Gasteiger partial charge on any atom is -0.388 e. The molecule has 0 saturated carbocycles. The molecule has 0 aromatic heterocycles. The molecule has 0 unspecified atom stereocenters. The lowest BCUT2D eigenvalue weighted by atomic mass is 9.80. The molecule has 22 heavy (non-hydrogen) atoms. The Morgan fingerprint density at radius 1 is 1.09 bits per heavy atom. The number of benzene rings is 2. The van der Waals surface area contributed by atoms with Gasteiger partial charge in [0.25, 0.3) is 0 Å². The molecule has 114 valence electrons. The average Bonchev–Trinajstić information content (AvgIpc) is 2.61. The van der Waals surface area contributed by atoms with Crippen LogP contribution in [0, 0.1) is 0 Å². The summed E-state index contributed by atoms with van der Waals surface area (Å²) in [5, 5.41) is 6.97. The van der Waals surface area contributed by atoms with Crippen LogP contribution in [0.1, 0.15) is 28.7 Å². The molecule has 3 heteroatoms. The first-order valence-electron chi connectivity index (χ1n) is 8.18. The van der Waals surface area contributed by atoms with E-state index in [0.717, 1.165) is 26.2 Å². The van der Waals surface area contributed by atoms with Gasteiger partial charge in [0.15, 0.2) is 0 Å². The van der Waals surface area contributed by atoms with E-state index in [9.17, 15) is 0 Å². The molecule has 4 rings (SSSR count). The van der Waals surface area contributed by atoms with Crippen LogP contribution < -0.4 is 10.6 Å². The van der Waals surface area contributed by atoms with Crippen molar-refractivity contribution >= 4 is 5.69 Å². The van der Waals surface area contributed by atoms with Gasteiger partial charge in [0.05, 0.1) is 0 Å². The highest BCUT2D eigenvalue weighted by Crippen LogP contribution is 2.42. The third-order valence-electron chi connectivity index (χ3n) is 5.09. The minimum atomic E-state index is 0.471. The summed E-state index contributed by atoms with van der Waals surface area (Å²) < 4.78 is 0. The summed E-state index contributed by atoms with van der Waals surface area (Å²) >= 11 is 0. The summed E-state index contributed by atoms with van der Waals surface area (Å²) in [6.07, 6.45) is 0. The van der Waals surface area contributed by atoms with E-state index in [1.54, 1.807) is 0 Å². The lowest BCUT2D eigenvalue weighted by molar-refractivity contribution is 0.144. The van der Waals surface area contributed by atoms with Gasteiger partial charge in [-0.1, -0.05) is 42.5 Å². The van der Waals surface area contributed by atoms with E-state index in [1.165, 1.54) is 22.4 Å². The van der Waals surface area contributed by atoms with Crippen molar-refractivity contribution in [3.8, 4) is 0 Å². The number of hydrogen-bond donors (Lipinski definition) is 2. The second-order valence-electron chi connectivity index (χ2n) is 6.24. The van der Waals surface area contributed by atoms with Crippen molar-refractivity contribution in [3.05, 3.63) is 65.2 Å². The van der Waals surface area contributed by atoms with Gasteiger partial charge in [0.1, 0.15) is 0 Å². The summed E-state index contributed by atoms with van der Waals surface area (Å²) in [6, 6.07) is 18.1. The molecule has 3 nitrogen and oxygen atoms in total. The smallest absolute Gasteiger partial charge is 0.0496 e. The fourth-order valence-electron chi connectivity index (χ4n) is 4.03. The van der Waals surface area contributed by atoms with Gasteiger partial charge in [-0.2, -0.15) is 0 Å². The first kappa shape index (κ1) is 13.8. The van der Waals surface area contributed by atoms with Crippen LogP contribution in [0.5, 0.6) is 0 Å². The molecule has 0 amide bonds. The summed E-state index contributed by atoms with van der Waals surface area (Å²) in [5.74, 6) is 0.471. The van der Waals surface area contributed by atoms with Crippen molar-refractivity contribution in [2.24, 2.45) is 0 Å². The number of anilines is 1. The first-order valence-corrected chi connectivity index (χ1v) is 8.18. The molecule has 2 aromatic carbocycles. The number of piperazine rings is 1. The first-order chi connectivity index (χ1) is 10.9. The van der Waals surface area contributed by atoms with Gasteiger partial charge in [0.2, 0.25) is 0 Å². The number of hydrogen-bond acceptors (Lipinski definition) is 3. The van der Waals surface area contributed by atoms with Crippen LogP contribution >= 0.6 is 0 Å². The second-order valence-corrected chi connectivity index (χ2v) is 6.24. The summed E-state index contributed by atoms with van der Waals surface area (Å²) in [5.41, 5.74) is 5.67. The molecule has 0 spiro atoms. The lowest BCUT2D eigenvalue weighted by Crippen LogP contribution is -2.50. The molecule has 0 bridgehead atoms. The van der Waals surface area contributed by atoms with Crippen LogP contribution in [0.15, 0.2) is 48.5 Å². The van der Waals surface area contributed by atoms with Crippen molar-refractivity contribution in [1.82, 2.24) is 10.2 Å². The number of nitrogens with zero attached hydrogens (tertiary/aromatic N) is 1. The molecule has 1 fully saturated rings. The largest absolute Gasteiger partial charge is 0.388 e. The van der Waals surface area contributed by atoms with E-state index in [2.05, 4.69) is 64.1 Å². The quantitative estimate of drug-likeness (QED) is 0.891. The van der Waals surface area contributed by atoms with E-state index in [4.69, 9.17) is 0 Å². The molecule has 2 aliphatic heterocycles. The Hall–Kier alpha value is -1.84. The zero-order chi connectivity index (χ0) is 14.9. The van der Waals surface area contributed by atoms with Gasteiger partial charge < -0.3 is 10.6 Å². The maximum Gasteiger partial charge on any atom is 0.0496 e. The summed E-state index contributed by atoms with van der Waals surface area (Å²) in [7, 11) is 2.03. The van der Waals surface area contributed by atoms with Crippen LogP contribution in [-0.2, 0) is 0 Å². The van der Waals surface area contributed by atoms with Gasteiger partial charge in [-0.3, -0.25) is 4.90 Å². The van der Waals surface area contributed by atoms with Crippen LogP contribution in [0.3, 0.4) is 0 Å². The summed E-state index contributed by atoms with van der Waals surface area (Å²) in [6.45, 7) is 4.39. The minimum absolute atomic E-state index is 0.471. The number of fused-ring (bicyclic) bond motifs is 3. The SMILES string of the molecule is CNc1cccc2c1[C@@H]1CNCCN1C[C@H]2c1ccccc1. The Balaban J connectivity index is 1.86. The molecular formula is C19H23N3. The summed E-state index contributed by atoms with van der Waals surface area (Å²) in [4.78, 5) is 2.65. The van der Waals surface area contributed by atoms with Crippen molar-refractivity contribution in [1.29, 1.82) is 0 Å². The van der Waals surface area contributed by atoms with E-state index >= 15 is 0 Å². The molecule has 0 radical (unpaired) electrons. The molecule has 2 aromatic rings. The standard InChI is InChI=1S/C19H23N3/c1-20-17-9-5-8-15-16(14-6-3-2-4-7-14)13-22-11-10-21-12-18(22)19(15)17/h2-9,16,18,20-21H,10-13H2,1H3/t16-,18-/m0/s1. The zero-order valence-electron chi connectivity index (χ0n) is 13.0. The van der Waals surface area contributed by atoms with E-state index < -0.39 is 0 Å². The van der Waals surface area contributed by atoms with Gasteiger partial charge >= 0.3 is 0 Å². The van der Waals surface area contributed by atoms with Gasteiger partial charge in [0, 0.05) is 50.9 Å². The Kier molecular flexibility index (Phi) is 3.60. The van der Waals surface area contributed by atoms with E-state index in [1.807, 2.05) is 7.05 Å². The third-order valence-corrected chi connectivity index (χ3v) is 5.09. The average molecular weight is 293 g/mol. The molecule has 2 aliphatic rings. The van der Waals surface area contributed by atoms with Crippen molar-refractivity contribution in [2.75, 3.05) is 38.5 Å². The molecule has 0 aliphatic carbocycles. The van der Waals surface area contributed by atoms with Gasteiger partial charge in [-0.15, -0.1) is 0 Å². The third kappa shape index (κ3) is 2.21. The van der Waals surface area contributed by atoms with Crippen LogP contribution in [0.2, 0.25) is 0 Å². The molecule has 1 saturated heterocycles. The van der Waals surface area contributed by atoms with Gasteiger partial charge in [-0.25, -0.2) is 0 Å². The predicted molar refractivity (Wildman–Crippen MR) is 91.5 cm³/mol.